The zero-order chi connectivity index (χ0) is 24.7. The Bertz CT molecular complexity index is 1360. The van der Waals surface area contributed by atoms with Crippen LogP contribution in [0.15, 0.2) is 84.3 Å². The van der Waals surface area contributed by atoms with Crippen molar-refractivity contribution >= 4 is 22.0 Å². The number of sulfonamides is 1. The van der Waals surface area contributed by atoms with Crippen molar-refractivity contribution in [2.75, 3.05) is 26.2 Å². The first-order valence-electron chi connectivity index (χ1n) is 11.2. The van der Waals surface area contributed by atoms with E-state index < -0.39 is 10.0 Å². The standard InChI is InChI=1S/C27H25N3O4S/c28-20-24-9-4-5-10-25(24)21-34-26-12-6-11-23(19-26)27(31)29-14-16-30(17-15-29)35(32,33)18-13-22-7-2-1-3-8-22/h1-13,18-19H,14-17,21H2/b18-13+. The van der Waals surface area contributed by atoms with Crippen LogP contribution in [0, 0.1) is 11.3 Å². The van der Waals surface area contributed by atoms with Gasteiger partial charge in [0, 0.05) is 42.7 Å². The van der Waals surface area contributed by atoms with E-state index in [1.54, 1.807) is 47.4 Å². The molecule has 1 saturated heterocycles. The number of carbonyl (C=O) groups excluding carboxylic acids is 1. The van der Waals surface area contributed by atoms with Crippen LogP contribution in [0.2, 0.25) is 0 Å². The fourth-order valence-corrected chi connectivity index (χ4v) is 4.95. The highest BCUT2D eigenvalue weighted by molar-refractivity contribution is 7.92. The lowest BCUT2D eigenvalue weighted by molar-refractivity contribution is 0.0698. The van der Waals surface area contributed by atoms with Gasteiger partial charge in [0.2, 0.25) is 10.0 Å². The molecule has 4 rings (SSSR count). The van der Waals surface area contributed by atoms with Crippen LogP contribution >= 0.6 is 0 Å². The summed E-state index contributed by atoms with van der Waals surface area (Å²) in [7, 11) is -3.57. The molecule has 0 radical (unpaired) electrons. The largest absolute Gasteiger partial charge is 0.489 e. The molecule has 0 aromatic heterocycles. The topological polar surface area (TPSA) is 90.7 Å². The van der Waals surface area contributed by atoms with Gasteiger partial charge in [0.1, 0.15) is 12.4 Å². The van der Waals surface area contributed by atoms with Crippen molar-refractivity contribution in [2.45, 2.75) is 6.61 Å². The molecule has 0 N–H and O–H groups in total. The maximum absolute atomic E-state index is 13.0. The summed E-state index contributed by atoms with van der Waals surface area (Å²) < 4.78 is 32.6. The summed E-state index contributed by atoms with van der Waals surface area (Å²) >= 11 is 0. The molecule has 7 nitrogen and oxygen atoms in total. The first kappa shape index (κ1) is 24.2. The lowest BCUT2D eigenvalue weighted by Crippen LogP contribution is -2.50. The van der Waals surface area contributed by atoms with E-state index in [-0.39, 0.29) is 25.6 Å². The number of nitriles is 1. The van der Waals surface area contributed by atoms with E-state index in [1.165, 1.54) is 9.71 Å². The molecular formula is C27H25N3O4S. The van der Waals surface area contributed by atoms with Crippen LogP contribution in [0.5, 0.6) is 5.75 Å². The summed E-state index contributed by atoms with van der Waals surface area (Å²) in [5, 5.41) is 10.4. The third-order valence-corrected chi connectivity index (χ3v) is 7.30. The normalized spacial score (nSPS) is 14.5. The van der Waals surface area contributed by atoms with Crippen molar-refractivity contribution in [2.24, 2.45) is 0 Å². The van der Waals surface area contributed by atoms with Gasteiger partial charge in [-0.05, 0) is 35.9 Å². The third-order valence-electron chi connectivity index (χ3n) is 5.73. The Hall–Kier alpha value is -3.93. The van der Waals surface area contributed by atoms with Gasteiger partial charge in [0.15, 0.2) is 0 Å². The fraction of sp³-hybridized carbons (Fsp3) is 0.185. The summed E-state index contributed by atoms with van der Waals surface area (Å²) in [5.41, 5.74) is 2.59. The maximum atomic E-state index is 13.0. The van der Waals surface area contributed by atoms with Crippen molar-refractivity contribution in [3.8, 4) is 11.8 Å². The lowest BCUT2D eigenvalue weighted by Gasteiger charge is -2.33. The molecule has 8 heteroatoms. The minimum atomic E-state index is -3.57. The van der Waals surface area contributed by atoms with Gasteiger partial charge in [0.05, 0.1) is 11.6 Å². The number of ether oxygens (including phenoxy) is 1. The molecule has 35 heavy (non-hydrogen) atoms. The molecule has 0 aliphatic carbocycles. The number of carbonyl (C=O) groups is 1. The molecule has 1 heterocycles. The predicted molar refractivity (Wildman–Crippen MR) is 134 cm³/mol. The van der Waals surface area contributed by atoms with Gasteiger partial charge in [-0.3, -0.25) is 4.79 Å². The third kappa shape index (κ3) is 6.15. The monoisotopic (exact) mass is 487 g/mol. The molecule has 3 aromatic rings. The smallest absolute Gasteiger partial charge is 0.254 e. The number of amides is 1. The SMILES string of the molecule is N#Cc1ccccc1COc1cccc(C(=O)N2CCN(S(=O)(=O)/C=C/c3ccccc3)CC2)c1. The van der Waals surface area contributed by atoms with Crippen molar-refractivity contribution in [1.29, 1.82) is 5.26 Å². The quantitative estimate of drug-likeness (QED) is 0.504. The molecule has 1 amide bonds. The van der Waals surface area contributed by atoms with Crippen molar-refractivity contribution in [1.82, 2.24) is 9.21 Å². The number of hydrogen-bond donors (Lipinski definition) is 0. The van der Waals surface area contributed by atoms with E-state index in [0.717, 1.165) is 11.1 Å². The van der Waals surface area contributed by atoms with Crippen LogP contribution in [-0.2, 0) is 16.6 Å². The summed E-state index contributed by atoms with van der Waals surface area (Å²) in [6.45, 7) is 1.28. The van der Waals surface area contributed by atoms with Crippen LogP contribution in [0.25, 0.3) is 6.08 Å². The van der Waals surface area contributed by atoms with Crippen LogP contribution in [0.4, 0.5) is 0 Å². The summed E-state index contributed by atoms with van der Waals surface area (Å²) in [4.78, 5) is 14.7. The molecule has 1 aliphatic heterocycles. The van der Waals surface area contributed by atoms with Crippen LogP contribution in [0.1, 0.15) is 27.0 Å². The molecule has 178 valence electrons. The Kier molecular flexibility index (Phi) is 7.60. The molecule has 3 aromatic carbocycles. The molecule has 1 aliphatic rings. The summed E-state index contributed by atoms with van der Waals surface area (Å²) in [6.07, 6.45) is 1.58. The summed E-state index contributed by atoms with van der Waals surface area (Å²) in [5.74, 6) is 0.348. The number of nitrogens with zero attached hydrogens (tertiary/aromatic N) is 3. The first-order chi connectivity index (χ1) is 17.0. The molecule has 0 spiro atoms. The van der Waals surface area contributed by atoms with Crippen LogP contribution in [-0.4, -0.2) is 49.7 Å². The number of hydrogen-bond acceptors (Lipinski definition) is 5. The first-order valence-corrected chi connectivity index (χ1v) is 12.7. The van der Waals surface area contributed by atoms with Crippen molar-refractivity contribution < 1.29 is 17.9 Å². The second-order valence-electron chi connectivity index (χ2n) is 8.04. The fourth-order valence-electron chi connectivity index (χ4n) is 3.78. The Morgan fingerprint density at radius 3 is 2.40 bits per heavy atom. The van der Waals surface area contributed by atoms with Gasteiger partial charge < -0.3 is 9.64 Å². The molecule has 1 fully saturated rings. The number of rotatable bonds is 7. The molecule has 0 unspecified atom stereocenters. The van der Waals surface area contributed by atoms with Crippen LogP contribution < -0.4 is 4.74 Å². The van der Waals surface area contributed by atoms with E-state index in [4.69, 9.17) is 4.74 Å². The molecule has 0 bridgehead atoms. The van der Waals surface area contributed by atoms with E-state index >= 15 is 0 Å². The van der Waals surface area contributed by atoms with Crippen molar-refractivity contribution in [3.05, 3.63) is 107 Å². The molecule has 0 atom stereocenters. The predicted octanol–water partition coefficient (Wildman–Crippen LogP) is 3.90. The summed E-state index contributed by atoms with van der Waals surface area (Å²) in [6, 6.07) is 25.5. The van der Waals surface area contributed by atoms with Gasteiger partial charge in [0.25, 0.3) is 5.91 Å². The van der Waals surface area contributed by atoms with Crippen LogP contribution in [0.3, 0.4) is 0 Å². The lowest BCUT2D eigenvalue weighted by atomic mass is 10.1. The van der Waals surface area contributed by atoms with E-state index in [1.807, 2.05) is 42.5 Å². The van der Waals surface area contributed by atoms with Gasteiger partial charge in [-0.2, -0.15) is 9.57 Å². The highest BCUT2D eigenvalue weighted by Crippen LogP contribution is 2.19. The van der Waals surface area contributed by atoms with Gasteiger partial charge in [-0.15, -0.1) is 0 Å². The highest BCUT2D eigenvalue weighted by Gasteiger charge is 2.28. The second-order valence-corrected chi connectivity index (χ2v) is 9.85. The molecule has 0 saturated carbocycles. The average molecular weight is 488 g/mol. The van der Waals surface area contributed by atoms with Gasteiger partial charge >= 0.3 is 0 Å². The minimum absolute atomic E-state index is 0.176. The van der Waals surface area contributed by atoms with E-state index in [2.05, 4.69) is 6.07 Å². The maximum Gasteiger partial charge on any atom is 0.254 e. The zero-order valence-corrected chi connectivity index (χ0v) is 19.9. The van der Waals surface area contributed by atoms with E-state index in [9.17, 15) is 18.5 Å². The Labute approximate surface area is 205 Å². The van der Waals surface area contributed by atoms with Crippen molar-refractivity contribution in [3.63, 3.8) is 0 Å². The Morgan fingerprint density at radius 2 is 1.66 bits per heavy atom. The van der Waals surface area contributed by atoms with E-state index in [0.29, 0.717) is 30.0 Å². The molecular weight excluding hydrogens is 462 g/mol. The zero-order valence-electron chi connectivity index (χ0n) is 19.1. The average Bonchev–Trinajstić information content (AvgIpc) is 2.91. The minimum Gasteiger partial charge on any atom is -0.489 e. The number of piperazine rings is 1. The Morgan fingerprint density at radius 1 is 0.943 bits per heavy atom. The van der Waals surface area contributed by atoms with Gasteiger partial charge in [-0.1, -0.05) is 54.6 Å². The highest BCUT2D eigenvalue weighted by atomic mass is 32.2. The second kappa shape index (κ2) is 11.0. The van der Waals surface area contributed by atoms with Gasteiger partial charge in [-0.25, -0.2) is 8.42 Å². The number of benzene rings is 3. The Balaban J connectivity index is 1.35.